The lowest BCUT2D eigenvalue weighted by Crippen LogP contribution is -2.61. The highest BCUT2D eigenvalue weighted by atomic mass is 16.4. The molecule has 9 atom stereocenters. The van der Waals surface area contributed by atoms with Crippen molar-refractivity contribution in [1.82, 2.24) is 47.2 Å². The first-order valence-electron chi connectivity index (χ1n) is 24.3. The van der Waals surface area contributed by atoms with Gasteiger partial charge in [-0.25, -0.2) is 9.78 Å². The Labute approximate surface area is 414 Å². The second-order valence-corrected chi connectivity index (χ2v) is 18.1. The van der Waals surface area contributed by atoms with Crippen molar-refractivity contribution in [3.8, 4) is 0 Å². The number of carboxylic acids is 2. The summed E-state index contributed by atoms with van der Waals surface area (Å²) < 4.78 is 0. The Hall–Kier alpha value is -6.25. The number of carboxylic acid groups (broad SMARTS) is 2. The molecule has 0 saturated carbocycles. The number of unbranched alkanes of at least 4 members (excludes halogenated alkanes) is 3. The van der Waals surface area contributed by atoms with Crippen molar-refractivity contribution in [1.29, 1.82) is 0 Å². The van der Waals surface area contributed by atoms with E-state index in [-0.39, 0.29) is 44.6 Å². The molecule has 26 nitrogen and oxygen atoms in total. The molecule has 0 unspecified atom stereocenters. The molecule has 0 fully saturated rings. The van der Waals surface area contributed by atoms with Crippen LogP contribution >= 0.6 is 0 Å². The zero-order valence-corrected chi connectivity index (χ0v) is 41.5. The molecule has 0 aliphatic rings. The number of nitrogens with two attached hydrogens (primary N) is 5. The second-order valence-electron chi connectivity index (χ2n) is 18.1. The molecular formula is C45H80N14O12. The van der Waals surface area contributed by atoms with Crippen molar-refractivity contribution < 1.29 is 58.2 Å². The summed E-state index contributed by atoms with van der Waals surface area (Å²) in [6.45, 7) is 7.88. The van der Waals surface area contributed by atoms with Crippen LogP contribution in [0.2, 0.25) is 0 Å². The molecule has 0 saturated heterocycles. The summed E-state index contributed by atoms with van der Waals surface area (Å²) in [5, 5.41) is 37.2. The molecule has 8 amide bonds. The number of rotatable bonds is 38. The van der Waals surface area contributed by atoms with Gasteiger partial charge in [0.15, 0.2) is 0 Å². The fourth-order valence-electron chi connectivity index (χ4n) is 7.21. The van der Waals surface area contributed by atoms with Gasteiger partial charge in [-0.3, -0.25) is 43.2 Å². The van der Waals surface area contributed by atoms with Crippen LogP contribution in [0.15, 0.2) is 12.5 Å². The van der Waals surface area contributed by atoms with Gasteiger partial charge in [-0.15, -0.1) is 0 Å². The molecule has 0 radical (unpaired) electrons. The molecule has 1 rings (SSSR count). The van der Waals surface area contributed by atoms with Crippen molar-refractivity contribution in [3.63, 3.8) is 0 Å². The fraction of sp³-hybridized carbons (Fsp3) is 0.711. The molecular weight excluding hydrogens is 929 g/mol. The van der Waals surface area contributed by atoms with E-state index >= 15 is 0 Å². The van der Waals surface area contributed by atoms with Crippen LogP contribution < -0.4 is 65.9 Å². The van der Waals surface area contributed by atoms with Gasteiger partial charge in [-0.1, -0.05) is 40.5 Å². The fourth-order valence-corrected chi connectivity index (χ4v) is 7.21. The van der Waals surface area contributed by atoms with E-state index in [1.54, 1.807) is 27.7 Å². The van der Waals surface area contributed by atoms with Gasteiger partial charge >= 0.3 is 11.9 Å². The number of H-pyrrole nitrogens is 1. The van der Waals surface area contributed by atoms with Crippen molar-refractivity contribution in [2.45, 2.75) is 172 Å². The topological polar surface area (TPSA) is 454 Å². The van der Waals surface area contributed by atoms with E-state index in [2.05, 4.69) is 47.2 Å². The van der Waals surface area contributed by atoms with Gasteiger partial charge in [0.2, 0.25) is 47.3 Å². The largest absolute Gasteiger partial charge is 0.481 e. The molecule has 1 heterocycles. The van der Waals surface area contributed by atoms with Gasteiger partial charge in [-0.2, -0.15) is 0 Å². The predicted octanol–water partition coefficient (Wildman–Crippen LogP) is -3.02. The van der Waals surface area contributed by atoms with Crippen LogP contribution in [0.5, 0.6) is 0 Å². The number of carbonyl (C=O) groups excluding carboxylic acids is 8. The third-order valence-corrected chi connectivity index (χ3v) is 11.5. The van der Waals surface area contributed by atoms with Crippen LogP contribution in [0.25, 0.3) is 0 Å². The SMILES string of the molecule is CC[C@H](C)[C@H](NC(=O)[C@H](CCCCN)NC(=O)[C@H](CCC(=O)O)NC(=O)[C@H](Cc1cnc[nH]1)NC(=O)[C@H](CC(C)C)NC(=O)[C@H](CC(N)=O)NC(=O)[C@@H](N)CCCCN)C(=O)N[C@@H](CCCCN)C(=O)O. The molecule has 1 aromatic heterocycles. The second kappa shape index (κ2) is 34.1. The molecule has 0 aliphatic carbocycles. The number of hydrogen-bond donors (Lipinski definition) is 15. The Morgan fingerprint density at radius 1 is 0.592 bits per heavy atom. The maximum absolute atomic E-state index is 14.2. The van der Waals surface area contributed by atoms with E-state index in [1.807, 2.05) is 0 Å². The van der Waals surface area contributed by atoms with Gasteiger partial charge in [0, 0.05) is 24.7 Å². The van der Waals surface area contributed by atoms with Crippen molar-refractivity contribution in [3.05, 3.63) is 18.2 Å². The molecule has 0 aliphatic heterocycles. The zero-order valence-electron chi connectivity index (χ0n) is 41.5. The van der Waals surface area contributed by atoms with Crippen molar-refractivity contribution in [2.24, 2.45) is 40.5 Å². The molecule has 71 heavy (non-hydrogen) atoms. The Morgan fingerprint density at radius 3 is 1.56 bits per heavy atom. The zero-order chi connectivity index (χ0) is 53.6. The third-order valence-electron chi connectivity index (χ3n) is 11.5. The predicted molar refractivity (Wildman–Crippen MR) is 260 cm³/mol. The van der Waals surface area contributed by atoms with Crippen molar-refractivity contribution in [2.75, 3.05) is 19.6 Å². The first kappa shape index (κ1) is 62.8. The molecule has 0 bridgehead atoms. The van der Waals surface area contributed by atoms with E-state index in [0.717, 1.165) is 0 Å². The number of aromatic amines is 1. The Balaban J connectivity index is 3.53. The number of nitrogens with one attached hydrogen (secondary N) is 8. The summed E-state index contributed by atoms with van der Waals surface area (Å²) in [5.74, 6) is -10.4. The van der Waals surface area contributed by atoms with Crippen LogP contribution in [-0.4, -0.2) is 147 Å². The summed E-state index contributed by atoms with van der Waals surface area (Å²) in [6, 6.07) is -10.9. The lowest BCUT2D eigenvalue weighted by Gasteiger charge is -2.29. The van der Waals surface area contributed by atoms with Gasteiger partial charge in [-0.05, 0) is 95.7 Å². The molecule has 0 aromatic carbocycles. The normalized spacial score (nSPS) is 15.0. The Kier molecular flexibility index (Phi) is 30.2. The van der Waals surface area contributed by atoms with Crippen LogP contribution in [0.4, 0.5) is 0 Å². The smallest absolute Gasteiger partial charge is 0.326 e. The standard InChI is InChI=1S/C45H80N14O12/c1-5-26(4)37(44(69)55-31(45(70)71)14-8-11-19-48)59-40(65)29(13-7-10-18-47)53-39(64)30(15-16-36(61)62)54-42(67)33(21-27-23-51-24-52-27)58-41(66)32(20-25(2)3)57-43(68)34(22-35(50)60)56-38(63)28(49)12-6-9-17-46/h23-26,28-34,37H,5-22,46-49H2,1-4H3,(H2,50,60)(H,51,52)(H,53,64)(H,54,67)(H,55,69)(H,56,63)(H,57,68)(H,58,66)(H,59,65)(H,61,62)(H,70,71)/t26-,28-,29-,30-,31-,32-,33-,34-,37-/m0/s1. The highest BCUT2D eigenvalue weighted by Gasteiger charge is 2.36. The third kappa shape index (κ3) is 24.9. The monoisotopic (exact) mass is 1010 g/mol. The lowest BCUT2D eigenvalue weighted by atomic mass is 9.96. The lowest BCUT2D eigenvalue weighted by molar-refractivity contribution is -0.143. The quantitative estimate of drug-likeness (QED) is 0.0293. The van der Waals surface area contributed by atoms with E-state index in [1.165, 1.54) is 12.5 Å². The van der Waals surface area contributed by atoms with Crippen LogP contribution in [0.1, 0.15) is 123 Å². The number of amides is 8. The van der Waals surface area contributed by atoms with Gasteiger partial charge in [0.25, 0.3) is 0 Å². The van der Waals surface area contributed by atoms with Crippen LogP contribution in [0, 0.1) is 11.8 Å². The van der Waals surface area contributed by atoms with Crippen LogP contribution in [-0.2, 0) is 54.4 Å². The minimum atomic E-state index is -1.62. The molecule has 20 N–H and O–H groups in total. The van der Waals surface area contributed by atoms with Gasteiger partial charge in [0.1, 0.15) is 42.3 Å². The molecule has 0 spiro atoms. The molecule has 402 valence electrons. The minimum Gasteiger partial charge on any atom is -0.481 e. The summed E-state index contributed by atoms with van der Waals surface area (Å²) >= 11 is 0. The maximum atomic E-state index is 14.2. The molecule has 26 heteroatoms. The Morgan fingerprint density at radius 2 is 1.06 bits per heavy atom. The number of aliphatic carboxylic acids is 2. The van der Waals surface area contributed by atoms with Crippen molar-refractivity contribution >= 4 is 59.2 Å². The number of nitrogens with zero attached hydrogens (tertiary/aromatic N) is 1. The summed E-state index contributed by atoms with van der Waals surface area (Å²) in [6.07, 6.45) is 4.19. The summed E-state index contributed by atoms with van der Waals surface area (Å²) in [7, 11) is 0. The van der Waals surface area contributed by atoms with Gasteiger partial charge in [0.05, 0.1) is 18.8 Å². The number of imidazole rings is 1. The highest BCUT2D eigenvalue weighted by Crippen LogP contribution is 2.14. The number of primary amides is 1. The first-order valence-corrected chi connectivity index (χ1v) is 24.3. The van der Waals surface area contributed by atoms with E-state index < -0.39 is 133 Å². The van der Waals surface area contributed by atoms with E-state index in [9.17, 15) is 58.2 Å². The minimum absolute atomic E-state index is 0.00243. The first-order chi connectivity index (χ1) is 33.6. The van der Waals surface area contributed by atoms with E-state index in [0.29, 0.717) is 63.7 Å². The number of carbonyl (C=O) groups is 10. The summed E-state index contributed by atoms with van der Waals surface area (Å²) in [5.41, 5.74) is 28.5. The van der Waals surface area contributed by atoms with Gasteiger partial charge < -0.3 is 81.1 Å². The summed E-state index contributed by atoms with van der Waals surface area (Å²) in [4.78, 5) is 139. The van der Waals surface area contributed by atoms with E-state index in [4.69, 9.17) is 28.7 Å². The average Bonchev–Trinajstić information content (AvgIpc) is 3.83. The highest BCUT2D eigenvalue weighted by molar-refractivity contribution is 5.98. The van der Waals surface area contributed by atoms with Crippen LogP contribution in [0.3, 0.4) is 0 Å². The number of hydrogen-bond acceptors (Lipinski definition) is 15. The number of aromatic nitrogens is 2. The Bertz CT molecular complexity index is 1870. The maximum Gasteiger partial charge on any atom is 0.326 e. The molecule has 1 aromatic rings. The average molecular weight is 1010 g/mol.